The van der Waals surface area contributed by atoms with E-state index in [0.29, 0.717) is 5.56 Å². The standard InChI is InChI=1S/C17H19NO3/c1-11-6-5-7-12(2)16(11)21-10-13-8-3-4-9-14(13)15(19)17(18)20/h3-9,15,19H,10H2,1-2H3,(H2,18,20). The van der Waals surface area contributed by atoms with Gasteiger partial charge in [-0.2, -0.15) is 0 Å². The number of aryl methyl sites for hydroxylation is 2. The summed E-state index contributed by atoms with van der Waals surface area (Å²) in [6.07, 6.45) is -1.32. The van der Waals surface area contributed by atoms with Crippen LogP contribution < -0.4 is 10.5 Å². The third kappa shape index (κ3) is 3.41. The van der Waals surface area contributed by atoms with Crippen molar-refractivity contribution >= 4 is 5.91 Å². The summed E-state index contributed by atoms with van der Waals surface area (Å²) in [4.78, 5) is 11.2. The van der Waals surface area contributed by atoms with Gasteiger partial charge in [0.15, 0.2) is 6.10 Å². The van der Waals surface area contributed by atoms with Crippen molar-refractivity contribution in [2.75, 3.05) is 0 Å². The molecule has 1 unspecified atom stereocenters. The number of para-hydroxylation sites is 1. The maximum atomic E-state index is 11.2. The molecule has 1 amide bonds. The summed E-state index contributed by atoms with van der Waals surface area (Å²) in [7, 11) is 0. The summed E-state index contributed by atoms with van der Waals surface area (Å²) < 4.78 is 5.86. The van der Waals surface area contributed by atoms with Crippen LogP contribution in [0.2, 0.25) is 0 Å². The molecule has 0 aliphatic rings. The van der Waals surface area contributed by atoms with Gasteiger partial charge in [-0.3, -0.25) is 4.79 Å². The third-order valence-electron chi connectivity index (χ3n) is 3.40. The van der Waals surface area contributed by atoms with Gasteiger partial charge in [0.1, 0.15) is 12.4 Å². The van der Waals surface area contributed by atoms with Crippen LogP contribution in [0.15, 0.2) is 42.5 Å². The summed E-state index contributed by atoms with van der Waals surface area (Å²) >= 11 is 0. The fourth-order valence-corrected chi connectivity index (χ4v) is 2.26. The minimum absolute atomic E-state index is 0.270. The summed E-state index contributed by atoms with van der Waals surface area (Å²) in [5.41, 5.74) is 8.48. The fraction of sp³-hybridized carbons (Fsp3) is 0.235. The third-order valence-corrected chi connectivity index (χ3v) is 3.40. The van der Waals surface area contributed by atoms with Crippen molar-refractivity contribution in [2.45, 2.75) is 26.6 Å². The maximum Gasteiger partial charge on any atom is 0.250 e. The zero-order valence-electron chi connectivity index (χ0n) is 12.2. The molecular formula is C17H19NO3. The van der Waals surface area contributed by atoms with Crippen LogP contribution in [-0.2, 0) is 11.4 Å². The van der Waals surface area contributed by atoms with Gasteiger partial charge in [0.2, 0.25) is 0 Å². The molecule has 0 aliphatic carbocycles. The second-order valence-corrected chi connectivity index (χ2v) is 5.01. The first-order chi connectivity index (χ1) is 10.0. The monoisotopic (exact) mass is 285 g/mol. The summed E-state index contributed by atoms with van der Waals surface area (Å²) in [6, 6.07) is 13.0. The first-order valence-corrected chi connectivity index (χ1v) is 6.75. The highest BCUT2D eigenvalue weighted by Crippen LogP contribution is 2.25. The molecule has 110 valence electrons. The summed E-state index contributed by atoms with van der Waals surface area (Å²) in [6.45, 7) is 4.23. The molecule has 1 atom stereocenters. The highest BCUT2D eigenvalue weighted by atomic mass is 16.5. The lowest BCUT2D eigenvalue weighted by molar-refractivity contribution is -0.126. The second-order valence-electron chi connectivity index (χ2n) is 5.01. The Balaban J connectivity index is 2.23. The van der Waals surface area contributed by atoms with Crippen LogP contribution in [-0.4, -0.2) is 11.0 Å². The number of hydrogen-bond donors (Lipinski definition) is 2. The number of hydrogen-bond acceptors (Lipinski definition) is 3. The van der Waals surface area contributed by atoms with Crippen LogP contribution >= 0.6 is 0 Å². The minimum Gasteiger partial charge on any atom is -0.488 e. The molecule has 2 rings (SSSR count). The van der Waals surface area contributed by atoms with Gasteiger partial charge in [0.05, 0.1) is 0 Å². The van der Waals surface area contributed by atoms with E-state index in [2.05, 4.69) is 0 Å². The van der Waals surface area contributed by atoms with E-state index in [-0.39, 0.29) is 6.61 Å². The molecule has 0 radical (unpaired) electrons. The molecule has 4 nitrogen and oxygen atoms in total. The lowest BCUT2D eigenvalue weighted by Crippen LogP contribution is -2.22. The van der Waals surface area contributed by atoms with Gasteiger partial charge in [-0.05, 0) is 36.1 Å². The smallest absolute Gasteiger partial charge is 0.250 e. The van der Waals surface area contributed by atoms with Crippen LogP contribution in [0, 0.1) is 13.8 Å². The number of primary amides is 1. The highest BCUT2D eigenvalue weighted by molar-refractivity contribution is 5.80. The van der Waals surface area contributed by atoms with Crippen LogP contribution in [0.1, 0.15) is 28.4 Å². The quantitative estimate of drug-likeness (QED) is 0.886. The number of benzene rings is 2. The Kier molecular flexibility index (Phi) is 4.60. The van der Waals surface area contributed by atoms with Crippen molar-refractivity contribution in [3.63, 3.8) is 0 Å². The predicted molar refractivity (Wildman–Crippen MR) is 80.8 cm³/mol. The number of rotatable bonds is 5. The average molecular weight is 285 g/mol. The van der Waals surface area contributed by atoms with Crippen molar-refractivity contribution in [2.24, 2.45) is 5.73 Å². The number of aliphatic hydroxyl groups is 1. The normalized spacial score (nSPS) is 12.0. The summed E-state index contributed by atoms with van der Waals surface area (Å²) in [5.74, 6) is 0.0513. The van der Waals surface area contributed by atoms with Gasteiger partial charge in [0, 0.05) is 0 Å². The number of carbonyl (C=O) groups excluding carboxylic acids is 1. The van der Waals surface area contributed by atoms with E-state index in [1.54, 1.807) is 12.1 Å². The van der Waals surface area contributed by atoms with Gasteiger partial charge < -0.3 is 15.6 Å². The van der Waals surface area contributed by atoms with E-state index in [4.69, 9.17) is 10.5 Å². The topological polar surface area (TPSA) is 72.6 Å². The number of carbonyl (C=O) groups is 1. The Morgan fingerprint density at radius 3 is 2.38 bits per heavy atom. The Morgan fingerprint density at radius 2 is 1.76 bits per heavy atom. The van der Waals surface area contributed by atoms with Crippen molar-refractivity contribution in [1.82, 2.24) is 0 Å². The molecule has 0 saturated heterocycles. The molecule has 2 aromatic rings. The molecule has 3 N–H and O–H groups in total. The van der Waals surface area contributed by atoms with Gasteiger partial charge >= 0.3 is 0 Å². The second kappa shape index (κ2) is 6.41. The number of aliphatic hydroxyl groups excluding tert-OH is 1. The van der Waals surface area contributed by atoms with Crippen molar-refractivity contribution in [3.05, 3.63) is 64.7 Å². The SMILES string of the molecule is Cc1cccc(C)c1OCc1ccccc1C(O)C(N)=O. The van der Waals surface area contributed by atoms with E-state index < -0.39 is 12.0 Å². The Hall–Kier alpha value is -2.33. The van der Waals surface area contributed by atoms with Crippen LogP contribution in [0.4, 0.5) is 0 Å². The molecule has 0 aromatic heterocycles. The minimum atomic E-state index is -1.32. The highest BCUT2D eigenvalue weighted by Gasteiger charge is 2.17. The van der Waals surface area contributed by atoms with Crippen LogP contribution in [0.3, 0.4) is 0 Å². The van der Waals surface area contributed by atoms with E-state index in [9.17, 15) is 9.90 Å². The van der Waals surface area contributed by atoms with Crippen LogP contribution in [0.5, 0.6) is 5.75 Å². The van der Waals surface area contributed by atoms with E-state index in [1.165, 1.54) is 0 Å². The molecule has 0 saturated carbocycles. The molecule has 0 heterocycles. The molecule has 0 bridgehead atoms. The van der Waals surface area contributed by atoms with Crippen LogP contribution in [0.25, 0.3) is 0 Å². The zero-order chi connectivity index (χ0) is 15.4. The Bertz CT molecular complexity index is 632. The zero-order valence-corrected chi connectivity index (χ0v) is 12.2. The van der Waals surface area contributed by atoms with Gasteiger partial charge in [-0.1, -0.05) is 42.5 Å². The largest absolute Gasteiger partial charge is 0.488 e. The lowest BCUT2D eigenvalue weighted by atomic mass is 10.0. The van der Waals surface area contributed by atoms with E-state index in [1.807, 2.05) is 44.2 Å². The van der Waals surface area contributed by atoms with Gasteiger partial charge in [-0.15, -0.1) is 0 Å². The van der Waals surface area contributed by atoms with Crippen molar-refractivity contribution in [3.8, 4) is 5.75 Å². The van der Waals surface area contributed by atoms with Gasteiger partial charge in [-0.25, -0.2) is 0 Å². The van der Waals surface area contributed by atoms with Crippen molar-refractivity contribution < 1.29 is 14.6 Å². The molecule has 0 fully saturated rings. The fourth-order valence-electron chi connectivity index (χ4n) is 2.26. The van der Waals surface area contributed by atoms with E-state index >= 15 is 0 Å². The molecule has 4 heteroatoms. The Labute approximate surface area is 124 Å². The number of nitrogens with two attached hydrogens (primary N) is 1. The molecule has 2 aromatic carbocycles. The number of amides is 1. The molecular weight excluding hydrogens is 266 g/mol. The first-order valence-electron chi connectivity index (χ1n) is 6.75. The first kappa shape index (κ1) is 15.1. The van der Waals surface area contributed by atoms with E-state index in [0.717, 1.165) is 22.4 Å². The molecule has 0 aliphatic heterocycles. The number of ether oxygens (including phenoxy) is 1. The average Bonchev–Trinajstić information content (AvgIpc) is 2.46. The van der Waals surface area contributed by atoms with Crippen molar-refractivity contribution in [1.29, 1.82) is 0 Å². The van der Waals surface area contributed by atoms with Gasteiger partial charge in [0.25, 0.3) is 5.91 Å². The predicted octanol–water partition coefficient (Wildman–Crippen LogP) is 2.40. The maximum absolute atomic E-state index is 11.2. The molecule has 0 spiro atoms. The molecule has 21 heavy (non-hydrogen) atoms. The summed E-state index contributed by atoms with van der Waals surface area (Å²) in [5, 5.41) is 9.85. The Morgan fingerprint density at radius 1 is 1.14 bits per heavy atom. The lowest BCUT2D eigenvalue weighted by Gasteiger charge is -2.16.